The minimum Gasteiger partial charge on any atom is -0.456 e. The molecule has 4 aromatic rings. The van der Waals surface area contributed by atoms with Gasteiger partial charge in [0.15, 0.2) is 0 Å². The molecule has 0 atom stereocenters. The minimum absolute atomic E-state index is 0.724. The number of nitrogens with one attached hydrogen (secondary N) is 1. The predicted octanol–water partition coefficient (Wildman–Crippen LogP) is 5.91. The largest absolute Gasteiger partial charge is 0.456 e. The molecule has 0 fully saturated rings. The van der Waals surface area contributed by atoms with Crippen molar-refractivity contribution >= 4 is 50.6 Å². The van der Waals surface area contributed by atoms with Gasteiger partial charge in [0.2, 0.25) is 0 Å². The number of rotatable bonds is 3. The van der Waals surface area contributed by atoms with Crippen molar-refractivity contribution in [2.75, 3.05) is 5.32 Å². The van der Waals surface area contributed by atoms with Crippen molar-refractivity contribution in [2.45, 2.75) is 6.54 Å². The molecular weight excluding hydrogens is 302 g/mol. The molecule has 0 saturated carbocycles. The number of hydrogen-bond acceptors (Lipinski definition) is 3. The summed E-state index contributed by atoms with van der Waals surface area (Å²) in [6.07, 6.45) is 0. The lowest BCUT2D eigenvalue weighted by atomic mass is 10.1. The summed E-state index contributed by atoms with van der Waals surface area (Å²) in [5, 5.41) is 10.5. The first-order valence-corrected chi connectivity index (χ1v) is 7.98. The standard InChI is InChI=1S/C17H12ClNOS/c18-12-1-3-16-14(7-12)15-8-13(2-4-17(15)20-16)19-9-11-5-6-21-10-11/h1-8,10,19H,9H2. The van der Waals surface area contributed by atoms with Crippen molar-refractivity contribution in [1.29, 1.82) is 0 Å². The number of halogens is 1. The Kier molecular flexibility index (Phi) is 3.09. The normalized spacial score (nSPS) is 11.3. The Labute approximate surface area is 131 Å². The van der Waals surface area contributed by atoms with E-state index >= 15 is 0 Å². The van der Waals surface area contributed by atoms with Crippen LogP contribution >= 0.6 is 22.9 Å². The van der Waals surface area contributed by atoms with Crippen molar-refractivity contribution < 1.29 is 4.42 Å². The zero-order chi connectivity index (χ0) is 14.2. The zero-order valence-electron chi connectivity index (χ0n) is 11.1. The third-order valence-corrected chi connectivity index (χ3v) is 4.48. The van der Waals surface area contributed by atoms with E-state index in [-0.39, 0.29) is 0 Å². The van der Waals surface area contributed by atoms with Gasteiger partial charge in [-0.05, 0) is 58.8 Å². The van der Waals surface area contributed by atoms with Gasteiger partial charge in [-0.15, -0.1) is 0 Å². The highest BCUT2D eigenvalue weighted by Gasteiger charge is 2.08. The van der Waals surface area contributed by atoms with Crippen molar-refractivity contribution in [3.05, 3.63) is 63.8 Å². The third kappa shape index (κ3) is 2.39. The van der Waals surface area contributed by atoms with Crippen LogP contribution in [0.1, 0.15) is 5.56 Å². The molecule has 0 bridgehead atoms. The summed E-state index contributed by atoms with van der Waals surface area (Å²) >= 11 is 7.80. The molecule has 1 N–H and O–H groups in total. The summed E-state index contributed by atoms with van der Waals surface area (Å²) in [5.41, 5.74) is 4.12. The quantitative estimate of drug-likeness (QED) is 0.508. The van der Waals surface area contributed by atoms with E-state index in [1.165, 1.54) is 5.56 Å². The number of thiophene rings is 1. The second-order valence-corrected chi connectivity index (χ2v) is 6.16. The van der Waals surface area contributed by atoms with Crippen molar-refractivity contribution in [3.8, 4) is 0 Å². The average molecular weight is 314 g/mol. The van der Waals surface area contributed by atoms with Gasteiger partial charge in [0.05, 0.1) is 0 Å². The zero-order valence-corrected chi connectivity index (χ0v) is 12.7. The number of anilines is 1. The van der Waals surface area contributed by atoms with Gasteiger partial charge < -0.3 is 9.73 Å². The molecule has 0 saturated heterocycles. The Morgan fingerprint density at radius 3 is 2.62 bits per heavy atom. The molecule has 2 aromatic heterocycles. The van der Waals surface area contributed by atoms with Gasteiger partial charge in [0, 0.05) is 28.0 Å². The molecule has 0 aliphatic carbocycles. The SMILES string of the molecule is Clc1ccc2oc3ccc(NCc4ccsc4)cc3c2c1. The van der Waals surface area contributed by atoms with Crippen LogP contribution < -0.4 is 5.32 Å². The first-order valence-electron chi connectivity index (χ1n) is 6.66. The van der Waals surface area contributed by atoms with E-state index < -0.39 is 0 Å². The molecule has 0 unspecified atom stereocenters. The second-order valence-electron chi connectivity index (χ2n) is 4.94. The molecule has 104 valence electrons. The summed E-state index contributed by atoms with van der Waals surface area (Å²) in [6, 6.07) is 14.0. The number of benzene rings is 2. The lowest BCUT2D eigenvalue weighted by Gasteiger charge is -2.04. The van der Waals surface area contributed by atoms with Gasteiger partial charge in [0.25, 0.3) is 0 Å². The number of furan rings is 1. The topological polar surface area (TPSA) is 25.2 Å². The lowest BCUT2D eigenvalue weighted by Crippen LogP contribution is -1.97. The van der Waals surface area contributed by atoms with Crippen LogP contribution in [0.5, 0.6) is 0 Å². The van der Waals surface area contributed by atoms with Crippen LogP contribution in [-0.4, -0.2) is 0 Å². The molecular formula is C17H12ClNOS. The summed E-state index contributed by atoms with van der Waals surface area (Å²) in [5.74, 6) is 0. The monoisotopic (exact) mass is 313 g/mol. The predicted molar refractivity (Wildman–Crippen MR) is 90.4 cm³/mol. The Bertz CT molecular complexity index is 911. The molecule has 0 spiro atoms. The van der Waals surface area contributed by atoms with Crippen LogP contribution in [-0.2, 0) is 6.54 Å². The maximum Gasteiger partial charge on any atom is 0.135 e. The maximum atomic E-state index is 6.09. The van der Waals surface area contributed by atoms with E-state index in [9.17, 15) is 0 Å². The smallest absolute Gasteiger partial charge is 0.135 e. The van der Waals surface area contributed by atoms with Crippen LogP contribution in [0.3, 0.4) is 0 Å². The van der Waals surface area contributed by atoms with Crippen LogP contribution in [0, 0.1) is 0 Å². The van der Waals surface area contributed by atoms with E-state index in [0.29, 0.717) is 0 Å². The summed E-state index contributed by atoms with van der Waals surface area (Å²) in [6.45, 7) is 0.825. The Morgan fingerprint density at radius 1 is 1.00 bits per heavy atom. The minimum atomic E-state index is 0.724. The lowest BCUT2D eigenvalue weighted by molar-refractivity contribution is 0.669. The van der Waals surface area contributed by atoms with E-state index in [1.54, 1.807) is 11.3 Å². The van der Waals surface area contributed by atoms with Gasteiger partial charge in [-0.3, -0.25) is 0 Å². The third-order valence-electron chi connectivity index (χ3n) is 3.51. The highest BCUT2D eigenvalue weighted by atomic mass is 35.5. The molecule has 2 nitrogen and oxygen atoms in total. The first-order chi connectivity index (χ1) is 10.3. The van der Waals surface area contributed by atoms with E-state index in [2.05, 4.69) is 28.2 Å². The summed E-state index contributed by atoms with van der Waals surface area (Å²) < 4.78 is 5.83. The van der Waals surface area contributed by atoms with Crippen LogP contribution in [0.4, 0.5) is 5.69 Å². The summed E-state index contributed by atoms with van der Waals surface area (Å²) in [7, 11) is 0. The van der Waals surface area contributed by atoms with Gasteiger partial charge in [-0.2, -0.15) is 11.3 Å². The van der Waals surface area contributed by atoms with E-state index in [4.69, 9.17) is 16.0 Å². The van der Waals surface area contributed by atoms with Crippen LogP contribution in [0.25, 0.3) is 21.9 Å². The molecule has 21 heavy (non-hydrogen) atoms. The highest BCUT2D eigenvalue weighted by molar-refractivity contribution is 7.07. The Hall–Kier alpha value is -1.97. The first kappa shape index (κ1) is 12.7. The van der Waals surface area contributed by atoms with Gasteiger partial charge >= 0.3 is 0 Å². The van der Waals surface area contributed by atoms with Crippen molar-refractivity contribution in [1.82, 2.24) is 0 Å². The van der Waals surface area contributed by atoms with E-state index in [0.717, 1.165) is 39.2 Å². The molecule has 2 aromatic carbocycles. The second kappa shape index (κ2) is 5.10. The molecule has 4 heteroatoms. The van der Waals surface area contributed by atoms with E-state index in [1.807, 2.05) is 30.3 Å². The highest BCUT2D eigenvalue weighted by Crippen LogP contribution is 2.32. The molecule has 0 aliphatic heterocycles. The molecule has 0 radical (unpaired) electrons. The summed E-state index contributed by atoms with van der Waals surface area (Å²) in [4.78, 5) is 0. The molecule has 4 rings (SSSR count). The van der Waals surface area contributed by atoms with Crippen LogP contribution in [0.2, 0.25) is 5.02 Å². The fourth-order valence-electron chi connectivity index (χ4n) is 2.46. The molecule has 0 amide bonds. The van der Waals surface area contributed by atoms with Crippen molar-refractivity contribution in [3.63, 3.8) is 0 Å². The number of hydrogen-bond donors (Lipinski definition) is 1. The fourth-order valence-corrected chi connectivity index (χ4v) is 3.30. The molecule has 0 aliphatic rings. The van der Waals surface area contributed by atoms with Gasteiger partial charge in [0.1, 0.15) is 11.2 Å². The maximum absolute atomic E-state index is 6.09. The Morgan fingerprint density at radius 2 is 1.81 bits per heavy atom. The van der Waals surface area contributed by atoms with Crippen molar-refractivity contribution in [2.24, 2.45) is 0 Å². The average Bonchev–Trinajstić information content (AvgIpc) is 3.12. The van der Waals surface area contributed by atoms with Crippen LogP contribution in [0.15, 0.2) is 57.6 Å². The fraction of sp³-hybridized carbons (Fsp3) is 0.0588. The van der Waals surface area contributed by atoms with Gasteiger partial charge in [-0.1, -0.05) is 11.6 Å². The Balaban J connectivity index is 1.74. The molecule has 2 heterocycles. The number of fused-ring (bicyclic) bond motifs is 3. The van der Waals surface area contributed by atoms with Gasteiger partial charge in [-0.25, -0.2) is 0 Å².